The summed E-state index contributed by atoms with van der Waals surface area (Å²) in [4.78, 5) is 0. The molecule has 0 unspecified atom stereocenters. The van der Waals surface area contributed by atoms with E-state index in [9.17, 15) is 8.78 Å². The van der Waals surface area contributed by atoms with E-state index in [0.29, 0.717) is 5.69 Å². The fourth-order valence-electron chi connectivity index (χ4n) is 1.82. The first-order valence-electron chi connectivity index (χ1n) is 4.97. The summed E-state index contributed by atoms with van der Waals surface area (Å²) in [6, 6.07) is 3.76. The van der Waals surface area contributed by atoms with Gasteiger partial charge in [0.05, 0.1) is 11.4 Å². The number of halogens is 3. The molecule has 0 atom stereocenters. The minimum absolute atomic E-state index is 0. The number of hydrogen-bond donors (Lipinski definition) is 1. The van der Waals surface area contributed by atoms with Crippen LogP contribution in [0.25, 0.3) is 5.69 Å². The van der Waals surface area contributed by atoms with Crippen LogP contribution in [0.2, 0.25) is 0 Å². The maximum atomic E-state index is 13.0. The van der Waals surface area contributed by atoms with Crippen molar-refractivity contribution in [3.8, 4) is 5.69 Å². The van der Waals surface area contributed by atoms with Crippen molar-refractivity contribution in [2.24, 2.45) is 0 Å². The van der Waals surface area contributed by atoms with Gasteiger partial charge in [-0.05, 0) is 12.1 Å². The van der Waals surface area contributed by atoms with Gasteiger partial charge in [-0.3, -0.25) is 0 Å². The van der Waals surface area contributed by atoms with Crippen LogP contribution in [0.4, 0.5) is 8.78 Å². The molecule has 0 fully saturated rings. The van der Waals surface area contributed by atoms with Crippen molar-refractivity contribution in [1.82, 2.24) is 15.1 Å². The Kier molecular flexibility index (Phi) is 3.13. The second-order valence-corrected chi connectivity index (χ2v) is 3.75. The van der Waals surface area contributed by atoms with Gasteiger partial charge >= 0.3 is 0 Å². The minimum atomic E-state index is -0.855. The highest BCUT2D eigenvalue weighted by Gasteiger charge is 2.15. The zero-order valence-corrected chi connectivity index (χ0v) is 9.60. The first kappa shape index (κ1) is 12.0. The molecule has 0 aliphatic carbocycles. The Hall–Kier alpha value is -1.46. The number of hydrogen-bond acceptors (Lipinski definition) is 2. The van der Waals surface area contributed by atoms with Gasteiger partial charge in [0.15, 0.2) is 11.6 Å². The second kappa shape index (κ2) is 4.43. The fraction of sp³-hybridized carbons (Fsp3) is 0.182. The molecule has 0 saturated carbocycles. The van der Waals surface area contributed by atoms with E-state index in [0.717, 1.165) is 36.5 Å². The Balaban J connectivity index is 0.00000108. The molecule has 1 aromatic heterocycles. The Morgan fingerprint density at radius 3 is 2.71 bits per heavy atom. The molecule has 0 saturated heterocycles. The monoisotopic (exact) mass is 257 g/mol. The molecule has 2 aromatic rings. The topological polar surface area (TPSA) is 29.9 Å². The number of aromatic nitrogens is 2. The third-order valence-electron chi connectivity index (χ3n) is 2.65. The summed E-state index contributed by atoms with van der Waals surface area (Å²) in [5.41, 5.74) is 2.60. The Morgan fingerprint density at radius 1 is 1.18 bits per heavy atom. The van der Waals surface area contributed by atoms with Crippen LogP contribution in [0.5, 0.6) is 0 Å². The molecule has 1 aliphatic rings. The Bertz CT molecular complexity index is 532. The normalized spacial score (nSPS) is 13.3. The van der Waals surface area contributed by atoms with Gasteiger partial charge in [-0.15, -0.1) is 12.4 Å². The lowest BCUT2D eigenvalue weighted by atomic mass is 10.3. The van der Waals surface area contributed by atoms with Crippen LogP contribution in [0.3, 0.4) is 0 Å². The number of rotatable bonds is 1. The summed E-state index contributed by atoms with van der Waals surface area (Å²) in [6.45, 7) is 1.50. The van der Waals surface area contributed by atoms with Crippen LogP contribution in [0.15, 0.2) is 24.4 Å². The minimum Gasteiger partial charge on any atom is -0.307 e. The van der Waals surface area contributed by atoms with Gasteiger partial charge in [-0.25, -0.2) is 13.5 Å². The van der Waals surface area contributed by atoms with Gasteiger partial charge in [0, 0.05) is 30.9 Å². The van der Waals surface area contributed by atoms with Crippen molar-refractivity contribution in [1.29, 1.82) is 0 Å². The van der Waals surface area contributed by atoms with E-state index in [-0.39, 0.29) is 12.4 Å². The molecule has 90 valence electrons. The highest BCUT2D eigenvalue weighted by molar-refractivity contribution is 5.85. The average Bonchev–Trinajstić information content (AvgIpc) is 2.81. The summed E-state index contributed by atoms with van der Waals surface area (Å²) >= 11 is 0. The van der Waals surface area contributed by atoms with E-state index < -0.39 is 11.6 Å². The summed E-state index contributed by atoms with van der Waals surface area (Å²) in [5, 5.41) is 7.45. The summed E-state index contributed by atoms with van der Waals surface area (Å²) in [7, 11) is 0. The van der Waals surface area contributed by atoms with Gasteiger partial charge in [-0.1, -0.05) is 0 Å². The molecular formula is C11H10ClF2N3. The van der Waals surface area contributed by atoms with Crippen LogP contribution in [-0.2, 0) is 13.1 Å². The van der Waals surface area contributed by atoms with Gasteiger partial charge in [-0.2, -0.15) is 5.10 Å². The predicted octanol–water partition coefficient (Wildman–Crippen LogP) is 2.18. The quantitative estimate of drug-likeness (QED) is 0.849. The standard InChI is InChI=1S/C11H9F2N3.ClH/c12-9-2-1-8(3-10(9)13)16-6-7-4-14-5-11(7)15-16;/h1-3,6,14H,4-5H2;1H. The predicted molar refractivity (Wildman–Crippen MR) is 61.3 cm³/mol. The number of benzene rings is 1. The van der Waals surface area contributed by atoms with Crippen molar-refractivity contribution < 1.29 is 8.78 Å². The molecule has 1 N–H and O–H groups in total. The van der Waals surface area contributed by atoms with Gasteiger partial charge in [0.2, 0.25) is 0 Å². The third kappa shape index (κ3) is 2.03. The molecule has 17 heavy (non-hydrogen) atoms. The third-order valence-corrected chi connectivity index (χ3v) is 2.65. The number of fused-ring (bicyclic) bond motifs is 1. The zero-order valence-electron chi connectivity index (χ0n) is 8.78. The Morgan fingerprint density at radius 2 is 2.00 bits per heavy atom. The molecule has 3 nitrogen and oxygen atoms in total. The molecule has 0 amide bonds. The average molecular weight is 258 g/mol. The summed E-state index contributed by atoms with van der Waals surface area (Å²) < 4.78 is 27.4. The summed E-state index contributed by atoms with van der Waals surface area (Å²) in [6.07, 6.45) is 1.84. The summed E-state index contributed by atoms with van der Waals surface area (Å²) in [5.74, 6) is -1.70. The molecule has 0 bridgehead atoms. The van der Waals surface area contributed by atoms with Crippen LogP contribution in [0.1, 0.15) is 11.3 Å². The molecule has 0 radical (unpaired) electrons. The lowest BCUT2D eigenvalue weighted by Crippen LogP contribution is -2.05. The number of nitrogens with zero attached hydrogens (tertiary/aromatic N) is 2. The molecule has 1 aromatic carbocycles. The van der Waals surface area contributed by atoms with E-state index in [1.165, 1.54) is 6.07 Å². The Labute approximate surface area is 103 Å². The van der Waals surface area contributed by atoms with Gasteiger partial charge in [0.1, 0.15) is 0 Å². The highest BCUT2D eigenvalue weighted by Crippen LogP contribution is 2.17. The largest absolute Gasteiger partial charge is 0.307 e. The van der Waals surface area contributed by atoms with Crippen LogP contribution < -0.4 is 5.32 Å². The van der Waals surface area contributed by atoms with Crippen molar-refractivity contribution in [2.75, 3.05) is 0 Å². The SMILES string of the molecule is Cl.Fc1ccc(-n2cc3c(n2)CNC3)cc1F. The molecule has 3 rings (SSSR count). The molecule has 0 spiro atoms. The molecule has 2 heterocycles. The van der Waals surface area contributed by atoms with Crippen LogP contribution >= 0.6 is 12.4 Å². The number of nitrogens with one attached hydrogen (secondary N) is 1. The lowest BCUT2D eigenvalue weighted by molar-refractivity contribution is 0.507. The zero-order chi connectivity index (χ0) is 11.1. The van der Waals surface area contributed by atoms with Crippen molar-refractivity contribution >= 4 is 12.4 Å². The lowest BCUT2D eigenvalue weighted by Gasteiger charge is -2.02. The van der Waals surface area contributed by atoms with Crippen molar-refractivity contribution in [2.45, 2.75) is 13.1 Å². The first-order chi connectivity index (χ1) is 7.74. The van der Waals surface area contributed by atoms with Crippen LogP contribution in [0, 0.1) is 11.6 Å². The van der Waals surface area contributed by atoms with Crippen molar-refractivity contribution in [3.05, 3.63) is 47.3 Å². The maximum Gasteiger partial charge on any atom is 0.160 e. The molecule has 1 aliphatic heterocycles. The van der Waals surface area contributed by atoms with E-state index >= 15 is 0 Å². The first-order valence-corrected chi connectivity index (χ1v) is 4.97. The molecular weight excluding hydrogens is 248 g/mol. The van der Waals surface area contributed by atoms with E-state index in [1.807, 2.05) is 6.20 Å². The van der Waals surface area contributed by atoms with Gasteiger partial charge < -0.3 is 5.32 Å². The highest BCUT2D eigenvalue weighted by atomic mass is 35.5. The van der Waals surface area contributed by atoms with Crippen LogP contribution in [-0.4, -0.2) is 9.78 Å². The van der Waals surface area contributed by atoms with E-state index in [1.54, 1.807) is 4.68 Å². The fourth-order valence-corrected chi connectivity index (χ4v) is 1.82. The second-order valence-electron chi connectivity index (χ2n) is 3.75. The maximum absolute atomic E-state index is 13.0. The van der Waals surface area contributed by atoms with Gasteiger partial charge in [0.25, 0.3) is 0 Å². The molecule has 6 heteroatoms. The van der Waals surface area contributed by atoms with E-state index in [2.05, 4.69) is 10.4 Å². The van der Waals surface area contributed by atoms with E-state index in [4.69, 9.17) is 0 Å². The van der Waals surface area contributed by atoms with Crippen molar-refractivity contribution in [3.63, 3.8) is 0 Å². The smallest absolute Gasteiger partial charge is 0.160 e.